The molecule has 2 aromatic carbocycles. The molecular weight excluding hydrogens is 374 g/mol. The molecule has 1 saturated heterocycles. The number of nitrogens with zero attached hydrogens (tertiary/aromatic N) is 3. The summed E-state index contributed by atoms with van der Waals surface area (Å²) in [5, 5.41) is 0.584. The van der Waals surface area contributed by atoms with Gasteiger partial charge in [-0.3, -0.25) is 19.4 Å². The minimum atomic E-state index is -0.171. The third-order valence-electron chi connectivity index (χ3n) is 4.12. The standard InChI is InChI=1S/C21H21N3O3S/c1-4-23-20(26)19(14-24(15(2)25)17-8-6-5-7-9-17)28-21(23)22-16-10-12-18(27-3)13-11-16/h5-14H,4H2,1-3H3/b19-14+,22-21?. The van der Waals surface area contributed by atoms with Gasteiger partial charge in [0.1, 0.15) is 5.75 Å². The van der Waals surface area contributed by atoms with Crippen molar-refractivity contribution in [1.29, 1.82) is 0 Å². The van der Waals surface area contributed by atoms with Crippen LogP contribution < -0.4 is 9.64 Å². The number of likely N-dealkylation sites (N-methyl/N-ethyl adjacent to an activating group) is 1. The quantitative estimate of drug-likeness (QED) is 0.713. The fraction of sp³-hybridized carbons (Fsp3) is 0.190. The zero-order valence-electron chi connectivity index (χ0n) is 16.0. The molecule has 6 nitrogen and oxygen atoms in total. The molecule has 144 valence electrons. The van der Waals surface area contributed by atoms with Crippen molar-refractivity contribution in [2.75, 3.05) is 18.6 Å². The zero-order chi connectivity index (χ0) is 20.1. The number of amidine groups is 1. The van der Waals surface area contributed by atoms with Crippen LogP contribution in [0.1, 0.15) is 13.8 Å². The Morgan fingerprint density at radius 3 is 2.43 bits per heavy atom. The maximum atomic E-state index is 12.8. The van der Waals surface area contributed by atoms with Crippen molar-refractivity contribution in [2.45, 2.75) is 13.8 Å². The maximum absolute atomic E-state index is 12.8. The van der Waals surface area contributed by atoms with Crippen molar-refractivity contribution < 1.29 is 14.3 Å². The van der Waals surface area contributed by atoms with Crippen LogP contribution in [0, 0.1) is 0 Å². The molecule has 7 heteroatoms. The average molecular weight is 395 g/mol. The summed E-state index contributed by atoms with van der Waals surface area (Å²) in [6.45, 7) is 3.85. The third-order valence-corrected chi connectivity index (χ3v) is 5.12. The summed E-state index contributed by atoms with van der Waals surface area (Å²) in [4.78, 5) is 33.1. The number of carbonyl (C=O) groups excluding carboxylic acids is 2. The number of amides is 2. The van der Waals surface area contributed by atoms with Gasteiger partial charge in [-0.15, -0.1) is 0 Å². The number of para-hydroxylation sites is 1. The molecule has 0 spiro atoms. The van der Waals surface area contributed by atoms with Crippen LogP contribution in [0.2, 0.25) is 0 Å². The van der Waals surface area contributed by atoms with E-state index in [0.717, 1.165) is 11.4 Å². The molecule has 1 heterocycles. The van der Waals surface area contributed by atoms with E-state index in [9.17, 15) is 9.59 Å². The predicted molar refractivity (Wildman–Crippen MR) is 113 cm³/mol. The van der Waals surface area contributed by atoms with Crippen molar-refractivity contribution in [1.82, 2.24) is 4.90 Å². The second kappa shape index (κ2) is 8.75. The number of thioether (sulfide) groups is 1. The second-order valence-electron chi connectivity index (χ2n) is 5.96. The third kappa shape index (κ3) is 4.26. The summed E-state index contributed by atoms with van der Waals surface area (Å²) in [5.74, 6) is 0.407. The van der Waals surface area contributed by atoms with E-state index >= 15 is 0 Å². The Kier molecular flexibility index (Phi) is 6.16. The average Bonchev–Trinajstić information content (AvgIpc) is 3.01. The van der Waals surface area contributed by atoms with Crippen LogP contribution in [0.5, 0.6) is 5.75 Å². The first-order valence-corrected chi connectivity index (χ1v) is 9.64. The lowest BCUT2D eigenvalue weighted by Crippen LogP contribution is -2.29. The number of methoxy groups -OCH3 is 1. The maximum Gasteiger partial charge on any atom is 0.268 e. The molecule has 1 fully saturated rings. The van der Waals surface area contributed by atoms with Gasteiger partial charge >= 0.3 is 0 Å². The van der Waals surface area contributed by atoms with Gasteiger partial charge in [-0.2, -0.15) is 0 Å². The fourth-order valence-corrected chi connectivity index (χ4v) is 3.71. The minimum Gasteiger partial charge on any atom is -0.497 e. The number of hydrogen-bond donors (Lipinski definition) is 0. The first-order valence-electron chi connectivity index (χ1n) is 8.82. The van der Waals surface area contributed by atoms with Gasteiger partial charge in [-0.05, 0) is 55.1 Å². The highest BCUT2D eigenvalue weighted by molar-refractivity contribution is 8.18. The van der Waals surface area contributed by atoms with Crippen molar-refractivity contribution in [2.24, 2.45) is 4.99 Å². The Morgan fingerprint density at radius 2 is 1.86 bits per heavy atom. The van der Waals surface area contributed by atoms with Gasteiger partial charge < -0.3 is 4.74 Å². The van der Waals surface area contributed by atoms with Crippen LogP contribution in [0.3, 0.4) is 0 Å². The molecule has 0 saturated carbocycles. The minimum absolute atomic E-state index is 0.165. The topological polar surface area (TPSA) is 62.2 Å². The Hall–Kier alpha value is -3.06. The molecule has 2 amide bonds. The Labute approximate surface area is 168 Å². The smallest absolute Gasteiger partial charge is 0.268 e. The predicted octanol–water partition coefficient (Wildman–Crippen LogP) is 4.17. The zero-order valence-corrected chi connectivity index (χ0v) is 16.8. The summed E-state index contributed by atoms with van der Waals surface area (Å²) in [7, 11) is 1.61. The van der Waals surface area contributed by atoms with Gasteiger partial charge in [0, 0.05) is 25.4 Å². The van der Waals surface area contributed by atoms with E-state index in [1.54, 1.807) is 18.2 Å². The highest BCUT2D eigenvalue weighted by Gasteiger charge is 2.33. The van der Waals surface area contributed by atoms with Crippen LogP contribution in [0.4, 0.5) is 11.4 Å². The lowest BCUT2D eigenvalue weighted by atomic mass is 10.3. The molecule has 3 rings (SSSR count). The molecule has 0 aromatic heterocycles. The molecule has 0 bridgehead atoms. The van der Waals surface area contributed by atoms with E-state index in [-0.39, 0.29) is 11.8 Å². The Balaban J connectivity index is 1.92. The Bertz CT molecular complexity index is 924. The molecule has 0 unspecified atom stereocenters. The van der Waals surface area contributed by atoms with Crippen LogP contribution in [-0.2, 0) is 9.59 Å². The molecule has 1 aliphatic heterocycles. The molecule has 0 atom stereocenters. The van der Waals surface area contributed by atoms with Gasteiger partial charge in [0.15, 0.2) is 5.17 Å². The number of carbonyl (C=O) groups is 2. The van der Waals surface area contributed by atoms with E-state index in [2.05, 4.69) is 4.99 Å². The van der Waals surface area contributed by atoms with Gasteiger partial charge in [0.2, 0.25) is 5.91 Å². The van der Waals surface area contributed by atoms with Crippen molar-refractivity contribution >= 4 is 40.1 Å². The van der Waals surface area contributed by atoms with Gasteiger partial charge in [0.05, 0.1) is 17.7 Å². The van der Waals surface area contributed by atoms with Gasteiger partial charge in [-0.1, -0.05) is 18.2 Å². The number of benzene rings is 2. The molecule has 0 radical (unpaired) electrons. The van der Waals surface area contributed by atoms with Gasteiger partial charge in [-0.25, -0.2) is 4.99 Å². The molecule has 1 aliphatic rings. The number of ether oxygens (including phenoxy) is 1. The number of hydrogen-bond acceptors (Lipinski definition) is 5. The molecule has 28 heavy (non-hydrogen) atoms. The van der Waals surface area contributed by atoms with Crippen LogP contribution in [-0.4, -0.2) is 35.5 Å². The normalized spacial score (nSPS) is 16.7. The summed E-state index contributed by atoms with van der Waals surface area (Å²) in [5.41, 5.74) is 1.43. The summed E-state index contributed by atoms with van der Waals surface area (Å²) in [6.07, 6.45) is 1.59. The largest absolute Gasteiger partial charge is 0.497 e. The van der Waals surface area contributed by atoms with E-state index in [4.69, 9.17) is 4.74 Å². The van der Waals surface area contributed by atoms with Crippen molar-refractivity contribution in [3.05, 3.63) is 65.7 Å². The van der Waals surface area contributed by atoms with Crippen LogP contribution in [0.25, 0.3) is 0 Å². The highest BCUT2D eigenvalue weighted by atomic mass is 32.2. The van der Waals surface area contributed by atoms with Gasteiger partial charge in [0.25, 0.3) is 5.91 Å². The number of aliphatic imine (C=N–C) groups is 1. The lowest BCUT2D eigenvalue weighted by Gasteiger charge is -2.17. The fourth-order valence-electron chi connectivity index (χ4n) is 2.68. The molecule has 2 aromatic rings. The van der Waals surface area contributed by atoms with E-state index in [1.807, 2.05) is 61.5 Å². The molecular formula is C21H21N3O3S. The van der Waals surface area contributed by atoms with E-state index in [1.165, 1.54) is 23.6 Å². The second-order valence-corrected chi connectivity index (χ2v) is 6.97. The first kappa shape index (κ1) is 19.7. The molecule has 0 N–H and O–H groups in total. The molecule has 0 aliphatic carbocycles. The van der Waals surface area contributed by atoms with Crippen molar-refractivity contribution in [3.8, 4) is 5.75 Å². The highest BCUT2D eigenvalue weighted by Crippen LogP contribution is 2.34. The monoisotopic (exact) mass is 395 g/mol. The number of anilines is 1. The van der Waals surface area contributed by atoms with Crippen LogP contribution in [0.15, 0.2) is 70.7 Å². The number of rotatable bonds is 5. The lowest BCUT2D eigenvalue weighted by molar-refractivity contribution is -0.122. The van der Waals surface area contributed by atoms with E-state index in [0.29, 0.717) is 22.3 Å². The summed E-state index contributed by atoms with van der Waals surface area (Å²) < 4.78 is 5.16. The Morgan fingerprint density at radius 1 is 1.18 bits per heavy atom. The van der Waals surface area contributed by atoms with Crippen LogP contribution >= 0.6 is 11.8 Å². The SMILES string of the molecule is CCN1C(=O)/C(=C\N(C(C)=O)c2ccccc2)SC1=Nc1ccc(OC)cc1. The summed E-state index contributed by atoms with van der Waals surface area (Å²) in [6, 6.07) is 16.5. The first-order chi connectivity index (χ1) is 13.5. The summed E-state index contributed by atoms with van der Waals surface area (Å²) >= 11 is 1.26. The van der Waals surface area contributed by atoms with E-state index < -0.39 is 0 Å². The van der Waals surface area contributed by atoms with Crippen molar-refractivity contribution in [3.63, 3.8) is 0 Å².